The van der Waals surface area contributed by atoms with Gasteiger partial charge in [0.15, 0.2) is 17.3 Å². The van der Waals surface area contributed by atoms with Crippen LogP contribution < -0.4 is 15.0 Å². The molecule has 1 atom stereocenters. The SMILES string of the molecule is CCOc1cc(C=Nn2c(-c3cccc(C(F)(F)F)c3)nc3ccccc3c2=O)c(Br)c(Cl)c1O[C@H](C)CC. The molecule has 0 aliphatic rings. The standard InChI is InChI=1S/C28H24BrClF3N3O3/c1-4-16(3)39-25-22(38-5-2)14-18(23(29)24(25)30)15-34-36-26(17-9-8-10-19(13-17)28(31,32)33)35-21-12-7-6-11-20(21)27(36)37/h6-16H,4-5H2,1-3H3/t16-/m1/s1. The van der Waals surface area contributed by atoms with Crippen molar-refractivity contribution in [1.82, 2.24) is 9.66 Å². The van der Waals surface area contributed by atoms with E-state index in [4.69, 9.17) is 21.1 Å². The first-order valence-corrected chi connectivity index (χ1v) is 13.3. The molecule has 39 heavy (non-hydrogen) atoms. The zero-order valence-corrected chi connectivity index (χ0v) is 23.6. The number of hydrogen-bond acceptors (Lipinski definition) is 5. The normalized spacial score (nSPS) is 12.7. The van der Waals surface area contributed by atoms with E-state index < -0.39 is 17.3 Å². The number of nitrogens with zero attached hydrogens (tertiary/aromatic N) is 3. The van der Waals surface area contributed by atoms with Gasteiger partial charge in [0.1, 0.15) is 5.02 Å². The van der Waals surface area contributed by atoms with Crippen molar-refractivity contribution in [2.75, 3.05) is 6.61 Å². The summed E-state index contributed by atoms with van der Waals surface area (Å²) >= 11 is 10.1. The van der Waals surface area contributed by atoms with Crippen LogP contribution in [-0.2, 0) is 6.18 Å². The first-order chi connectivity index (χ1) is 18.5. The molecule has 204 valence electrons. The maximum atomic E-state index is 13.5. The third-order valence-corrected chi connectivity index (χ3v) is 7.31. The second-order valence-corrected chi connectivity index (χ2v) is 9.75. The second-order valence-electron chi connectivity index (χ2n) is 8.58. The van der Waals surface area contributed by atoms with Crippen LogP contribution in [0.2, 0.25) is 5.02 Å². The smallest absolute Gasteiger partial charge is 0.416 e. The number of fused-ring (bicyclic) bond motifs is 1. The molecule has 0 saturated carbocycles. The molecule has 0 unspecified atom stereocenters. The summed E-state index contributed by atoms with van der Waals surface area (Å²) in [6.07, 6.45) is -2.58. The Morgan fingerprint density at radius 3 is 2.59 bits per heavy atom. The van der Waals surface area contributed by atoms with Gasteiger partial charge in [-0.05, 0) is 66.5 Å². The van der Waals surface area contributed by atoms with E-state index in [0.29, 0.717) is 33.7 Å². The van der Waals surface area contributed by atoms with Crippen molar-refractivity contribution in [2.45, 2.75) is 39.5 Å². The maximum Gasteiger partial charge on any atom is 0.416 e. The summed E-state index contributed by atoms with van der Waals surface area (Å²) in [6, 6.07) is 12.8. The highest BCUT2D eigenvalue weighted by Gasteiger charge is 2.31. The molecule has 4 rings (SSSR count). The van der Waals surface area contributed by atoms with Crippen molar-refractivity contribution in [3.63, 3.8) is 0 Å². The topological polar surface area (TPSA) is 65.7 Å². The number of ether oxygens (including phenoxy) is 2. The van der Waals surface area contributed by atoms with Crippen molar-refractivity contribution >= 4 is 44.6 Å². The summed E-state index contributed by atoms with van der Waals surface area (Å²) in [5.74, 6) is 0.700. The first kappa shape index (κ1) is 28.6. The van der Waals surface area contributed by atoms with Gasteiger partial charge in [0.05, 0.1) is 35.4 Å². The maximum absolute atomic E-state index is 13.5. The lowest BCUT2D eigenvalue weighted by atomic mass is 10.1. The quantitative estimate of drug-likeness (QED) is 0.187. The van der Waals surface area contributed by atoms with Crippen molar-refractivity contribution in [2.24, 2.45) is 5.10 Å². The van der Waals surface area contributed by atoms with E-state index >= 15 is 0 Å². The van der Waals surface area contributed by atoms with Gasteiger partial charge < -0.3 is 9.47 Å². The number of hydrogen-bond donors (Lipinski definition) is 0. The average Bonchev–Trinajstić information content (AvgIpc) is 2.92. The highest BCUT2D eigenvalue weighted by molar-refractivity contribution is 9.10. The monoisotopic (exact) mass is 621 g/mol. The fourth-order valence-corrected chi connectivity index (χ4v) is 4.37. The number of halogens is 5. The minimum absolute atomic E-state index is 0.0509. The molecule has 6 nitrogen and oxygen atoms in total. The van der Waals surface area contributed by atoms with Crippen LogP contribution in [0.1, 0.15) is 38.3 Å². The molecule has 1 aromatic heterocycles. The molecule has 0 N–H and O–H groups in total. The molecule has 0 amide bonds. The van der Waals surface area contributed by atoms with Crippen LogP contribution in [0.25, 0.3) is 22.3 Å². The Balaban J connectivity index is 1.90. The van der Waals surface area contributed by atoms with E-state index in [0.717, 1.165) is 23.2 Å². The zero-order valence-electron chi connectivity index (χ0n) is 21.2. The van der Waals surface area contributed by atoms with E-state index in [2.05, 4.69) is 26.0 Å². The van der Waals surface area contributed by atoms with Gasteiger partial charge in [-0.15, -0.1) is 0 Å². The Morgan fingerprint density at radius 2 is 1.90 bits per heavy atom. The fourth-order valence-electron chi connectivity index (χ4n) is 3.73. The van der Waals surface area contributed by atoms with E-state index in [-0.39, 0.29) is 27.9 Å². The summed E-state index contributed by atoms with van der Waals surface area (Å²) in [5.41, 5.74) is -0.557. The molecule has 0 aliphatic heterocycles. The van der Waals surface area contributed by atoms with Crippen molar-refractivity contribution in [3.05, 3.63) is 85.6 Å². The Bertz CT molecular complexity index is 1610. The predicted octanol–water partition coefficient (Wildman–Crippen LogP) is 7.96. The van der Waals surface area contributed by atoms with E-state index in [9.17, 15) is 18.0 Å². The number of aromatic nitrogens is 2. The van der Waals surface area contributed by atoms with E-state index in [1.54, 1.807) is 30.3 Å². The Kier molecular flexibility index (Phi) is 8.66. The van der Waals surface area contributed by atoms with Crippen molar-refractivity contribution in [1.29, 1.82) is 0 Å². The van der Waals surface area contributed by atoms with Crippen LogP contribution in [0, 0.1) is 0 Å². The van der Waals surface area contributed by atoms with Crippen molar-refractivity contribution in [3.8, 4) is 22.9 Å². The van der Waals surface area contributed by atoms with E-state index in [1.165, 1.54) is 18.3 Å². The lowest BCUT2D eigenvalue weighted by Crippen LogP contribution is -2.20. The molecule has 0 saturated heterocycles. The molecule has 3 aromatic carbocycles. The van der Waals surface area contributed by atoms with Crippen LogP contribution in [0.3, 0.4) is 0 Å². The second kappa shape index (κ2) is 11.8. The summed E-state index contributed by atoms with van der Waals surface area (Å²) in [5, 5.41) is 4.87. The lowest BCUT2D eigenvalue weighted by molar-refractivity contribution is -0.137. The molecule has 0 radical (unpaired) electrons. The number of para-hydroxylation sites is 1. The molecule has 0 bridgehead atoms. The Labute approximate surface area is 236 Å². The molecule has 1 heterocycles. The third-order valence-electron chi connectivity index (χ3n) is 5.86. The van der Waals surface area contributed by atoms with Gasteiger partial charge >= 0.3 is 6.18 Å². The van der Waals surface area contributed by atoms with Gasteiger partial charge in [0.2, 0.25) is 0 Å². The van der Waals surface area contributed by atoms with Crippen molar-refractivity contribution < 1.29 is 22.6 Å². The van der Waals surface area contributed by atoms with Crippen LogP contribution in [0.4, 0.5) is 13.2 Å². The first-order valence-electron chi connectivity index (χ1n) is 12.1. The molecule has 4 aromatic rings. The average molecular weight is 623 g/mol. The largest absolute Gasteiger partial charge is 0.490 e. The molecular weight excluding hydrogens is 599 g/mol. The Hall–Kier alpha value is -3.37. The zero-order chi connectivity index (χ0) is 28.3. The summed E-state index contributed by atoms with van der Waals surface area (Å²) in [4.78, 5) is 17.9. The van der Waals surface area contributed by atoms with Crippen LogP contribution in [0.15, 0.2) is 69.0 Å². The molecule has 0 spiro atoms. The number of benzene rings is 3. The van der Waals surface area contributed by atoms with E-state index in [1.807, 2.05) is 20.8 Å². The summed E-state index contributed by atoms with van der Waals surface area (Å²) < 4.78 is 53.5. The highest BCUT2D eigenvalue weighted by Crippen LogP contribution is 2.43. The van der Waals surface area contributed by atoms with Gasteiger partial charge in [-0.2, -0.15) is 22.9 Å². The molecule has 0 fully saturated rings. The van der Waals surface area contributed by atoms with Crippen LogP contribution in [0.5, 0.6) is 11.5 Å². The fraction of sp³-hybridized carbons (Fsp3) is 0.250. The molecular formula is C28H24BrClF3N3O3. The summed E-state index contributed by atoms with van der Waals surface area (Å²) in [7, 11) is 0. The number of alkyl halides is 3. The molecule has 0 aliphatic carbocycles. The molecule has 11 heteroatoms. The third kappa shape index (κ3) is 6.12. The highest BCUT2D eigenvalue weighted by atomic mass is 79.9. The van der Waals surface area contributed by atoms with Gasteiger partial charge in [0, 0.05) is 15.6 Å². The summed E-state index contributed by atoms with van der Waals surface area (Å²) in [6.45, 7) is 6.05. The van der Waals surface area contributed by atoms with Gasteiger partial charge in [-0.25, -0.2) is 4.98 Å². The lowest BCUT2D eigenvalue weighted by Gasteiger charge is -2.19. The Morgan fingerprint density at radius 1 is 1.15 bits per heavy atom. The predicted molar refractivity (Wildman–Crippen MR) is 150 cm³/mol. The minimum Gasteiger partial charge on any atom is -0.490 e. The van der Waals surface area contributed by atoms with Gasteiger partial charge in [-0.3, -0.25) is 4.79 Å². The number of rotatable bonds is 8. The minimum atomic E-state index is -4.57. The van der Waals surface area contributed by atoms with Crippen LogP contribution in [-0.4, -0.2) is 28.6 Å². The van der Waals surface area contributed by atoms with Gasteiger partial charge in [-0.1, -0.05) is 42.8 Å². The van der Waals surface area contributed by atoms with Gasteiger partial charge in [0.25, 0.3) is 5.56 Å². The van der Waals surface area contributed by atoms with Crippen LogP contribution >= 0.6 is 27.5 Å².